The molecule has 1 amide bonds. The predicted molar refractivity (Wildman–Crippen MR) is 85.8 cm³/mol. The standard InChI is InChI=1S/C18H20N2O/c1-13-12-19-10-9-14-7-8-15(11-17(13)14)18(21)20-16-5-3-2-4-6-16/h2-8,11,13,19H,9-10,12H2,1H3,(H,20,21)/t13-/m1/s1. The molecule has 1 aliphatic rings. The first-order valence-corrected chi connectivity index (χ1v) is 7.44. The molecule has 0 aromatic heterocycles. The fourth-order valence-electron chi connectivity index (χ4n) is 2.80. The van der Waals surface area contributed by atoms with Gasteiger partial charge in [-0.3, -0.25) is 4.79 Å². The molecule has 3 heteroatoms. The molecule has 108 valence electrons. The SMILES string of the molecule is C[C@@H]1CNCCc2ccc(C(=O)Nc3ccccc3)cc21. The summed E-state index contributed by atoms with van der Waals surface area (Å²) in [5.74, 6) is 0.389. The Bertz CT molecular complexity index is 637. The average molecular weight is 280 g/mol. The van der Waals surface area contributed by atoms with Crippen LogP contribution in [0.15, 0.2) is 48.5 Å². The molecule has 0 bridgehead atoms. The second-order valence-corrected chi connectivity index (χ2v) is 5.59. The molecule has 3 nitrogen and oxygen atoms in total. The number of para-hydroxylation sites is 1. The van der Waals surface area contributed by atoms with E-state index in [0.717, 1.165) is 30.8 Å². The van der Waals surface area contributed by atoms with E-state index in [4.69, 9.17) is 0 Å². The van der Waals surface area contributed by atoms with Crippen molar-refractivity contribution in [3.8, 4) is 0 Å². The Hall–Kier alpha value is -2.13. The van der Waals surface area contributed by atoms with Crippen LogP contribution in [-0.2, 0) is 6.42 Å². The van der Waals surface area contributed by atoms with E-state index < -0.39 is 0 Å². The maximum Gasteiger partial charge on any atom is 0.255 e. The molecule has 0 fully saturated rings. The zero-order valence-corrected chi connectivity index (χ0v) is 12.2. The molecule has 2 aromatic carbocycles. The van der Waals surface area contributed by atoms with Crippen molar-refractivity contribution in [3.63, 3.8) is 0 Å². The number of rotatable bonds is 2. The number of anilines is 1. The Morgan fingerprint density at radius 2 is 2.00 bits per heavy atom. The summed E-state index contributed by atoms with van der Waals surface area (Å²) in [6.07, 6.45) is 1.03. The fraction of sp³-hybridized carbons (Fsp3) is 0.278. The van der Waals surface area contributed by atoms with Crippen molar-refractivity contribution >= 4 is 11.6 Å². The van der Waals surface area contributed by atoms with Gasteiger partial charge in [-0.2, -0.15) is 0 Å². The van der Waals surface area contributed by atoms with Crippen LogP contribution in [0.3, 0.4) is 0 Å². The normalized spacial score (nSPS) is 17.7. The zero-order valence-electron chi connectivity index (χ0n) is 12.2. The average Bonchev–Trinajstić information content (AvgIpc) is 2.70. The van der Waals surface area contributed by atoms with Crippen molar-refractivity contribution in [1.82, 2.24) is 5.32 Å². The van der Waals surface area contributed by atoms with Crippen LogP contribution in [0.1, 0.15) is 34.3 Å². The van der Waals surface area contributed by atoms with Gasteiger partial charge in [-0.15, -0.1) is 0 Å². The van der Waals surface area contributed by atoms with Crippen LogP contribution in [0.25, 0.3) is 0 Å². The third-order valence-corrected chi connectivity index (χ3v) is 3.99. The molecule has 1 aliphatic heterocycles. The second kappa shape index (κ2) is 6.10. The van der Waals surface area contributed by atoms with Crippen molar-refractivity contribution in [2.45, 2.75) is 19.3 Å². The van der Waals surface area contributed by atoms with Crippen LogP contribution in [0.5, 0.6) is 0 Å². The van der Waals surface area contributed by atoms with E-state index in [-0.39, 0.29) is 5.91 Å². The summed E-state index contributed by atoms with van der Waals surface area (Å²) in [6.45, 7) is 4.18. The number of amides is 1. The Morgan fingerprint density at radius 1 is 1.19 bits per heavy atom. The predicted octanol–water partition coefficient (Wildman–Crippen LogP) is 3.19. The number of hydrogen-bond donors (Lipinski definition) is 2. The quantitative estimate of drug-likeness (QED) is 0.887. The smallest absolute Gasteiger partial charge is 0.255 e. The van der Waals surface area contributed by atoms with Gasteiger partial charge in [0.05, 0.1) is 0 Å². The summed E-state index contributed by atoms with van der Waals surface area (Å²) in [6, 6.07) is 15.6. The maximum atomic E-state index is 12.4. The lowest BCUT2D eigenvalue weighted by molar-refractivity contribution is 0.102. The Kier molecular flexibility index (Phi) is 4.02. The van der Waals surface area contributed by atoms with E-state index in [0.29, 0.717) is 5.92 Å². The summed E-state index contributed by atoms with van der Waals surface area (Å²) in [5.41, 5.74) is 4.20. The van der Waals surface area contributed by atoms with E-state index in [1.165, 1.54) is 11.1 Å². The first-order chi connectivity index (χ1) is 10.2. The monoisotopic (exact) mass is 280 g/mol. The van der Waals surface area contributed by atoms with Gasteiger partial charge in [0.2, 0.25) is 0 Å². The van der Waals surface area contributed by atoms with Crippen molar-refractivity contribution in [2.75, 3.05) is 18.4 Å². The fourth-order valence-corrected chi connectivity index (χ4v) is 2.80. The highest BCUT2D eigenvalue weighted by Crippen LogP contribution is 2.24. The highest BCUT2D eigenvalue weighted by Gasteiger charge is 2.16. The number of carbonyl (C=O) groups is 1. The molecule has 0 spiro atoms. The van der Waals surface area contributed by atoms with Gasteiger partial charge in [0.1, 0.15) is 0 Å². The Morgan fingerprint density at radius 3 is 2.81 bits per heavy atom. The van der Waals surface area contributed by atoms with Crippen molar-refractivity contribution < 1.29 is 4.79 Å². The van der Waals surface area contributed by atoms with Crippen molar-refractivity contribution in [2.24, 2.45) is 0 Å². The van der Waals surface area contributed by atoms with Gasteiger partial charge in [-0.25, -0.2) is 0 Å². The highest BCUT2D eigenvalue weighted by atomic mass is 16.1. The molecular formula is C18H20N2O. The minimum Gasteiger partial charge on any atom is -0.322 e. The van der Waals surface area contributed by atoms with Crippen LogP contribution in [0, 0.1) is 0 Å². The Labute approximate surface area is 125 Å². The molecule has 0 saturated heterocycles. The van der Waals surface area contributed by atoms with Gasteiger partial charge in [-0.05, 0) is 54.3 Å². The first-order valence-electron chi connectivity index (χ1n) is 7.44. The molecule has 0 unspecified atom stereocenters. The van der Waals surface area contributed by atoms with Crippen molar-refractivity contribution in [1.29, 1.82) is 0 Å². The number of nitrogens with one attached hydrogen (secondary N) is 2. The van der Waals surface area contributed by atoms with E-state index in [9.17, 15) is 4.79 Å². The third kappa shape index (κ3) is 3.14. The summed E-state index contributed by atoms with van der Waals surface area (Å²) in [4.78, 5) is 12.4. The lowest BCUT2D eigenvalue weighted by atomic mass is 9.93. The lowest BCUT2D eigenvalue weighted by Crippen LogP contribution is -2.18. The summed E-state index contributed by atoms with van der Waals surface area (Å²) < 4.78 is 0. The van der Waals surface area contributed by atoms with Crippen molar-refractivity contribution in [3.05, 3.63) is 65.2 Å². The maximum absolute atomic E-state index is 12.4. The molecule has 0 radical (unpaired) electrons. The lowest BCUT2D eigenvalue weighted by Gasteiger charge is -2.14. The number of fused-ring (bicyclic) bond motifs is 1. The van der Waals surface area contributed by atoms with Gasteiger partial charge in [0, 0.05) is 17.8 Å². The summed E-state index contributed by atoms with van der Waals surface area (Å²) in [5, 5.41) is 6.37. The summed E-state index contributed by atoms with van der Waals surface area (Å²) >= 11 is 0. The molecule has 1 atom stereocenters. The molecular weight excluding hydrogens is 260 g/mol. The van der Waals surface area contributed by atoms with Crippen LogP contribution >= 0.6 is 0 Å². The van der Waals surface area contributed by atoms with Gasteiger partial charge >= 0.3 is 0 Å². The van der Waals surface area contributed by atoms with Crippen LogP contribution in [0.4, 0.5) is 5.69 Å². The number of benzene rings is 2. The molecule has 0 aliphatic carbocycles. The third-order valence-electron chi connectivity index (χ3n) is 3.99. The molecule has 1 heterocycles. The minimum absolute atomic E-state index is 0.0478. The minimum atomic E-state index is -0.0478. The van der Waals surface area contributed by atoms with E-state index in [2.05, 4.69) is 23.6 Å². The van der Waals surface area contributed by atoms with Gasteiger partial charge in [0.15, 0.2) is 0 Å². The van der Waals surface area contributed by atoms with E-state index >= 15 is 0 Å². The molecule has 21 heavy (non-hydrogen) atoms. The summed E-state index contributed by atoms with van der Waals surface area (Å²) in [7, 11) is 0. The van der Waals surface area contributed by atoms with Crippen LogP contribution < -0.4 is 10.6 Å². The molecule has 3 rings (SSSR count). The molecule has 0 saturated carbocycles. The van der Waals surface area contributed by atoms with E-state index in [1.807, 2.05) is 42.5 Å². The Balaban J connectivity index is 1.84. The topological polar surface area (TPSA) is 41.1 Å². The molecule has 2 N–H and O–H groups in total. The van der Waals surface area contributed by atoms with E-state index in [1.54, 1.807) is 0 Å². The molecule has 2 aromatic rings. The highest BCUT2D eigenvalue weighted by molar-refractivity contribution is 6.04. The van der Waals surface area contributed by atoms with Gasteiger partial charge in [0.25, 0.3) is 5.91 Å². The second-order valence-electron chi connectivity index (χ2n) is 5.59. The van der Waals surface area contributed by atoms with Gasteiger partial charge in [-0.1, -0.05) is 31.2 Å². The number of hydrogen-bond acceptors (Lipinski definition) is 2. The first kappa shape index (κ1) is 13.8. The van der Waals surface area contributed by atoms with Gasteiger partial charge < -0.3 is 10.6 Å². The number of carbonyl (C=O) groups excluding carboxylic acids is 1. The van der Waals surface area contributed by atoms with Crippen LogP contribution in [0.2, 0.25) is 0 Å². The van der Waals surface area contributed by atoms with Crippen LogP contribution in [-0.4, -0.2) is 19.0 Å². The largest absolute Gasteiger partial charge is 0.322 e. The zero-order chi connectivity index (χ0) is 14.7.